The van der Waals surface area contributed by atoms with Crippen LogP contribution in [-0.4, -0.2) is 26.4 Å². The molecule has 0 unspecified atom stereocenters. The lowest BCUT2D eigenvalue weighted by Gasteiger charge is -2.17. The first-order valence-corrected chi connectivity index (χ1v) is 10.1. The minimum Gasteiger partial charge on any atom is -0.508 e. The summed E-state index contributed by atoms with van der Waals surface area (Å²) < 4.78 is 16.3. The number of ether oxygens (including phenoxy) is 3. The molecule has 0 atom stereocenters. The molecule has 2 N–H and O–H groups in total. The Labute approximate surface area is 183 Å². The lowest BCUT2D eigenvalue weighted by Crippen LogP contribution is -2.13. The Morgan fingerprint density at radius 3 is 2.32 bits per heavy atom. The van der Waals surface area contributed by atoms with Crippen LogP contribution in [0.1, 0.15) is 23.6 Å². The first-order valence-electron chi connectivity index (χ1n) is 10.1. The van der Waals surface area contributed by atoms with Gasteiger partial charge in [-0.25, -0.2) is 0 Å². The molecule has 3 aromatic rings. The van der Waals surface area contributed by atoms with Crippen LogP contribution in [-0.2, 0) is 6.54 Å². The molecule has 162 valence electrons. The van der Waals surface area contributed by atoms with Crippen LogP contribution >= 0.6 is 0 Å². The molecule has 0 radical (unpaired) electrons. The predicted octanol–water partition coefficient (Wildman–Crippen LogP) is 5.54. The molecule has 3 aromatic carbocycles. The zero-order valence-corrected chi connectivity index (χ0v) is 18.7. The van der Waals surface area contributed by atoms with E-state index in [1.165, 1.54) is 0 Å². The Morgan fingerprint density at radius 1 is 0.903 bits per heavy atom. The van der Waals surface area contributed by atoms with E-state index in [-0.39, 0.29) is 5.75 Å². The maximum Gasteiger partial charge on any atom is 0.127 e. The summed E-state index contributed by atoms with van der Waals surface area (Å²) in [5.41, 5.74) is 6.14. The fourth-order valence-corrected chi connectivity index (χ4v) is 3.60. The molecule has 0 saturated heterocycles. The lowest BCUT2D eigenvalue weighted by molar-refractivity contribution is 0.390. The van der Waals surface area contributed by atoms with Gasteiger partial charge >= 0.3 is 0 Å². The number of phenolic OH excluding ortho intramolecular Hbond substituents is 1. The van der Waals surface area contributed by atoms with E-state index in [0.29, 0.717) is 6.54 Å². The van der Waals surface area contributed by atoms with E-state index in [4.69, 9.17) is 14.2 Å². The summed E-state index contributed by atoms with van der Waals surface area (Å²) in [6.45, 7) is 4.71. The lowest BCUT2D eigenvalue weighted by atomic mass is 9.97. The van der Waals surface area contributed by atoms with Crippen molar-refractivity contribution < 1.29 is 19.3 Å². The van der Waals surface area contributed by atoms with E-state index in [9.17, 15) is 5.11 Å². The van der Waals surface area contributed by atoms with Gasteiger partial charge in [-0.15, -0.1) is 0 Å². The molecule has 0 heterocycles. The number of aryl methyl sites for hydroxylation is 1. The number of hydrogen-bond donors (Lipinski definition) is 2. The number of allylic oxidation sites excluding steroid dienone is 1. The summed E-state index contributed by atoms with van der Waals surface area (Å²) in [4.78, 5) is 0. The zero-order chi connectivity index (χ0) is 22.4. The van der Waals surface area contributed by atoms with Gasteiger partial charge in [0.25, 0.3) is 0 Å². The normalized spacial score (nSPS) is 11.2. The summed E-state index contributed by atoms with van der Waals surface area (Å²) >= 11 is 0. The molecule has 0 spiro atoms. The highest BCUT2D eigenvalue weighted by Gasteiger charge is 2.12. The average Bonchev–Trinajstić information content (AvgIpc) is 2.80. The summed E-state index contributed by atoms with van der Waals surface area (Å²) in [7, 11) is 4.93. The predicted molar refractivity (Wildman–Crippen MR) is 125 cm³/mol. The molecule has 0 fully saturated rings. The van der Waals surface area contributed by atoms with Crippen molar-refractivity contribution in [1.82, 2.24) is 5.32 Å². The van der Waals surface area contributed by atoms with Crippen molar-refractivity contribution in [2.24, 2.45) is 0 Å². The van der Waals surface area contributed by atoms with Crippen LogP contribution in [0, 0.1) is 6.92 Å². The second-order valence-corrected chi connectivity index (χ2v) is 7.15. The van der Waals surface area contributed by atoms with Gasteiger partial charge in [0.2, 0.25) is 0 Å². The van der Waals surface area contributed by atoms with Gasteiger partial charge < -0.3 is 24.6 Å². The number of rotatable bonds is 8. The molecule has 0 bridgehead atoms. The maximum absolute atomic E-state index is 9.91. The van der Waals surface area contributed by atoms with E-state index in [2.05, 4.69) is 30.4 Å². The van der Waals surface area contributed by atoms with Crippen LogP contribution < -0.4 is 19.5 Å². The van der Waals surface area contributed by atoms with Gasteiger partial charge in [-0.05, 0) is 55.3 Å². The first kappa shape index (κ1) is 22.1. The van der Waals surface area contributed by atoms with E-state index < -0.39 is 0 Å². The molecule has 5 heteroatoms. The standard InChI is InChI=1S/C26H29NO4/c1-6-24(27-16-19-7-10-21(29-3)15-26(19)31-5)22-11-8-18(13-17(22)2)23-14-20(28)9-12-25(23)30-4/h6-15,27-28H,16H2,1-5H3/b24-6+. The van der Waals surface area contributed by atoms with Gasteiger partial charge in [0.05, 0.1) is 21.3 Å². The molecular formula is C26H29NO4. The van der Waals surface area contributed by atoms with Crippen molar-refractivity contribution in [2.45, 2.75) is 20.4 Å². The Morgan fingerprint density at radius 2 is 1.68 bits per heavy atom. The Hall–Kier alpha value is -3.60. The van der Waals surface area contributed by atoms with Crippen molar-refractivity contribution in [3.05, 3.63) is 77.4 Å². The molecule has 0 amide bonds. The van der Waals surface area contributed by atoms with Crippen LogP contribution in [0.3, 0.4) is 0 Å². The summed E-state index contributed by atoms with van der Waals surface area (Å²) in [6, 6.07) is 17.2. The quantitative estimate of drug-likeness (QED) is 0.502. The van der Waals surface area contributed by atoms with Crippen LogP contribution in [0.2, 0.25) is 0 Å². The zero-order valence-electron chi connectivity index (χ0n) is 18.7. The molecule has 5 nitrogen and oxygen atoms in total. The molecule has 0 aliphatic heterocycles. The summed E-state index contributed by atoms with van der Waals surface area (Å²) in [5, 5.41) is 13.4. The van der Waals surface area contributed by atoms with Crippen molar-refractivity contribution in [3.63, 3.8) is 0 Å². The van der Waals surface area contributed by atoms with Crippen molar-refractivity contribution >= 4 is 5.70 Å². The van der Waals surface area contributed by atoms with Crippen LogP contribution in [0.5, 0.6) is 23.0 Å². The van der Waals surface area contributed by atoms with Crippen LogP contribution in [0.4, 0.5) is 0 Å². The fraction of sp³-hybridized carbons (Fsp3) is 0.231. The highest BCUT2D eigenvalue weighted by Crippen LogP contribution is 2.35. The van der Waals surface area contributed by atoms with Crippen molar-refractivity contribution in [3.8, 4) is 34.1 Å². The monoisotopic (exact) mass is 419 g/mol. The SMILES string of the molecule is C/C=C(/NCc1ccc(OC)cc1OC)c1ccc(-c2cc(O)ccc2OC)cc1C. The third-order valence-corrected chi connectivity index (χ3v) is 5.26. The largest absolute Gasteiger partial charge is 0.508 e. The number of methoxy groups -OCH3 is 3. The minimum absolute atomic E-state index is 0.210. The smallest absolute Gasteiger partial charge is 0.127 e. The van der Waals surface area contributed by atoms with Gasteiger partial charge in [0, 0.05) is 35.0 Å². The van der Waals surface area contributed by atoms with Gasteiger partial charge in [0.15, 0.2) is 0 Å². The van der Waals surface area contributed by atoms with E-state index >= 15 is 0 Å². The van der Waals surface area contributed by atoms with E-state index in [1.807, 2.05) is 31.2 Å². The molecule has 0 aliphatic rings. The minimum atomic E-state index is 0.210. The van der Waals surface area contributed by atoms with Gasteiger partial charge in [-0.1, -0.05) is 24.3 Å². The average molecular weight is 420 g/mol. The second-order valence-electron chi connectivity index (χ2n) is 7.15. The van der Waals surface area contributed by atoms with Crippen molar-refractivity contribution in [1.29, 1.82) is 0 Å². The molecular weight excluding hydrogens is 390 g/mol. The van der Waals surface area contributed by atoms with Gasteiger partial charge in [-0.2, -0.15) is 0 Å². The van der Waals surface area contributed by atoms with E-state index in [1.54, 1.807) is 39.5 Å². The maximum atomic E-state index is 9.91. The molecule has 3 rings (SSSR count). The number of hydrogen-bond acceptors (Lipinski definition) is 5. The highest BCUT2D eigenvalue weighted by atomic mass is 16.5. The molecule has 31 heavy (non-hydrogen) atoms. The Bertz CT molecular complexity index is 1090. The summed E-state index contributed by atoms with van der Waals surface area (Å²) in [5.74, 6) is 2.48. The Balaban J connectivity index is 1.85. The number of nitrogens with one attached hydrogen (secondary N) is 1. The summed E-state index contributed by atoms with van der Waals surface area (Å²) in [6.07, 6.45) is 2.06. The number of phenols is 1. The second kappa shape index (κ2) is 9.94. The highest BCUT2D eigenvalue weighted by molar-refractivity contribution is 5.76. The molecule has 0 aromatic heterocycles. The molecule has 0 aliphatic carbocycles. The van der Waals surface area contributed by atoms with Crippen LogP contribution in [0.15, 0.2) is 60.7 Å². The topological polar surface area (TPSA) is 60.0 Å². The molecule has 0 saturated carbocycles. The third kappa shape index (κ3) is 4.94. The fourth-order valence-electron chi connectivity index (χ4n) is 3.60. The van der Waals surface area contributed by atoms with Gasteiger partial charge in [0.1, 0.15) is 23.0 Å². The first-order chi connectivity index (χ1) is 15.0. The van der Waals surface area contributed by atoms with E-state index in [0.717, 1.165) is 50.8 Å². The third-order valence-electron chi connectivity index (χ3n) is 5.26. The number of benzene rings is 3. The Kier molecular flexibility index (Phi) is 7.08. The van der Waals surface area contributed by atoms with Gasteiger partial charge in [-0.3, -0.25) is 0 Å². The van der Waals surface area contributed by atoms with Crippen molar-refractivity contribution in [2.75, 3.05) is 21.3 Å². The van der Waals surface area contributed by atoms with Crippen LogP contribution in [0.25, 0.3) is 16.8 Å². The number of aromatic hydroxyl groups is 1.